The smallest absolute Gasteiger partial charge is 0.243 e. The lowest BCUT2D eigenvalue weighted by atomic mass is 10.2. The Morgan fingerprint density at radius 2 is 1.70 bits per heavy atom. The third-order valence-electron chi connectivity index (χ3n) is 3.08. The van der Waals surface area contributed by atoms with Crippen molar-refractivity contribution >= 4 is 21.6 Å². The molecule has 0 amide bonds. The van der Waals surface area contributed by atoms with Gasteiger partial charge in [0.15, 0.2) is 0 Å². The van der Waals surface area contributed by atoms with Gasteiger partial charge in [-0.1, -0.05) is 19.1 Å². The van der Waals surface area contributed by atoms with Crippen molar-refractivity contribution in [3.8, 4) is 0 Å². The number of rotatable bonds is 8. The normalized spacial score (nSPS) is 12.3. The highest BCUT2D eigenvalue weighted by molar-refractivity contribution is 7.89. The lowest BCUT2D eigenvalue weighted by Crippen LogP contribution is -2.33. The second-order valence-corrected chi connectivity index (χ2v) is 7.14. The van der Waals surface area contributed by atoms with E-state index in [2.05, 4.69) is 4.90 Å². The van der Waals surface area contributed by atoms with Gasteiger partial charge in [-0.3, -0.25) is 0 Å². The minimum atomic E-state index is -3.40. The molecule has 0 heterocycles. The summed E-state index contributed by atoms with van der Waals surface area (Å²) in [6, 6.07) is 6.77. The van der Waals surface area contributed by atoms with Gasteiger partial charge in [-0.2, -0.15) is 4.31 Å². The van der Waals surface area contributed by atoms with E-state index in [0.29, 0.717) is 23.9 Å². The molecule has 0 saturated carbocycles. The number of alkyl halides is 1. The van der Waals surface area contributed by atoms with E-state index in [1.165, 1.54) is 4.31 Å². The Labute approximate surface area is 127 Å². The minimum Gasteiger partial charge on any atom is -0.309 e. The summed E-state index contributed by atoms with van der Waals surface area (Å²) in [6.45, 7) is 3.75. The van der Waals surface area contributed by atoms with Crippen molar-refractivity contribution < 1.29 is 8.42 Å². The van der Waals surface area contributed by atoms with Crippen LogP contribution in [0.1, 0.15) is 18.9 Å². The van der Waals surface area contributed by atoms with Gasteiger partial charge in [0.05, 0.1) is 4.90 Å². The van der Waals surface area contributed by atoms with Crippen molar-refractivity contribution in [2.75, 3.05) is 33.7 Å². The number of hydrogen-bond donors (Lipinski definition) is 0. The van der Waals surface area contributed by atoms with E-state index in [1.807, 2.05) is 21.0 Å². The second-order valence-electron chi connectivity index (χ2n) is 4.93. The van der Waals surface area contributed by atoms with Crippen LogP contribution < -0.4 is 0 Å². The SMILES string of the molecule is CCN(CCCN(C)C)S(=O)(=O)c1ccc(CCl)cc1. The molecule has 1 rings (SSSR count). The zero-order valence-electron chi connectivity index (χ0n) is 12.3. The second kappa shape index (κ2) is 7.98. The average Bonchev–Trinajstić information content (AvgIpc) is 2.43. The third-order valence-corrected chi connectivity index (χ3v) is 5.38. The zero-order chi connectivity index (χ0) is 15.2. The third kappa shape index (κ3) is 4.74. The molecule has 0 spiro atoms. The molecule has 0 N–H and O–H groups in total. The lowest BCUT2D eigenvalue weighted by Gasteiger charge is -2.21. The standard InChI is InChI=1S/C14H23ClN2O2S/c1-4-17(11-5-10-16(2)3)20(18,19)14-8-6-13(12-15)7-9-14/h6-9H,4-5,10-12H2,1-3H3. The molecule has 0 atom stereocenters. The van der Waals surface area contributed by atoms with Crippen molar-refractivity contribution in [2.24, 2.45) is 0 Å². The van der Waals surface area contributed by atoms with Crippen LogP contribution in [-0.4, -0.2) is 51.4 Å². The lowest BCUT2D eigenvalue weighted by molar-refractivity contribution is 0.356. The number of hydrogen-bond acceptors (Lipinski definition) is 3. The Kier molecular flexibility index (Phi) is 6.95. The molecule has 0 aliphatic heterocycles. The van der Waals surface area contributed by atoms with Crippen LogP contribution in [0.3, 0.4) is 0 Å². The van der Waals surface area contributed by atoms with Crippen LogP contribution in [0.25, 0.3) is 0 Å². The van der Waals surface area contributed by atoms with Crippen LogP contribution in [0.15, 0.2) is 29.2 Å². The van der Waals surface area contributed by atoms with Crippen LogP contribution in [-0.2, 0) is 15.9 Å². The fourth-order valence-corrected chi connectivity index (χ4v) is 3.58. The van der Waals surface area contributed by atoms with Crippen LogP contribution in [0.5, 0.6) is 0 Å². The van der Waals surface area contributed by atoms with Gasteiger partial charge in [0.1, 0.15) is 0 Å². The van der Waals surface area contributed by atoms with Crippen LogP contribution in [0.2, 0.25) is 0 Å². The summed E-state index contributed by atoms with van der Waals surface area (Å²) in [5.41, 5.74) is 0.918. The van der Waals surface area contributed by atoms with Gasteiger partial charge in [0, 0.05) is 19.0 Å². The Hall–Kier alpha value is -0.620. The highest BCUT2D eigenvalue weighted by Gasteiger charge is 2.22. The van der Waals surface area contributed by atoms with E-state index >= 15 is 0 Å². The Morgan fingerprint density at radius 1 is 1.10 bits per heavy atom. The number of sulfonamides is 1. The highest BCUT2D eigenvalue weighted by Crippen LogP contribution is 2.17. The summed E-state index contributed by atoms with van der Waals surface area (Å²) in [7, 11) is 0.561. The van der Waals surface area contributed by atoms with Crippen LogP contribution in [0, 0.1) is 0 Å². The maximum Gasteiger partial charge on any atom is 0.243 e. The number of halogens is 1. The zero-order valence-corrected chi connectivity index (χ0v) is 13.9. The van der Waals surface area contributed by atoms with Gasteiger partial charge < -0.3 is 4.90 Å². The summed E-state index contributed by atoms with van der Waals surface area (Å²) in [5, 5.41) is 0. The van der Waals surface area contributed by atoms with E-state index in [9.17, 15) is 8.42 Å². The van der Waals surface area contributed by atoms with Crippen molar-refractivity contribution in [3.05, 3.63) is 29.8 Å². The summed E-state index contributed by atoms with van der Waals surface area (Å²) in [6.07, 6.45) is 0.819. The first-order chi connectivity index (χ1) is 9.41. The first-order valence-electron chi connectivity index (χ1n) is 6.71. The summed E-state index contributed by atoms with van der Waals surface area (Å²) in [5.74, 6) is 0.390. The Balaban J connectivity index is 2.82. The molecular formula is C14H23ClN2O2S. The maximum atomic E-state index is 12.5. The van der Waals surface area contributed by atoms with E-state index in [-0.39, 0.29) is 0 Å². The molecule has 1 aromatic rings. The molecule has 0 unspecified atom stereocenters. The summed E-state index contributed by atoms with van der Waals surface area (Å²) < 4.78 is 26.6. The number of benzene rings is 1. The highest BCUT2D eigenvalue weighted by atomic mass is 35.5. The molecule has 0 fully saturated rings. The van der Waals surface area contributed by atoms with Gasteiger partial charge in [-0.05, 0) is 44.8 Å². The van der Waals surface area contributed by atoms with Crippen molar-refractivity contribution in [1.29, 1.82) is 0 Å². The fourth-order valence-electron chi connectivity index (χ4n) is 1.91. The maximum absolute atomic E-state index is 12.5. The van der Waals surface area contributed by atoms with Crippen molar-refractivity contribution in [2.45, 2.75) is 24.1 Å². The van der Waals surface area contributed by atoms with Gasteiger partial charge in [0.25, 0.3) is 0 Å². The van der Waals surface area contributed by atoms with E-state index in [0.717, 1.165) is 18.5 Å². The van der Waals surface area contributed by atoms with Gasteiger partial charge in [0.2, 0.25) is 10.0 Å². The number of nitrogens with zero attached hydrogens (tertiary/aromatic N) is 2. The summed E-state index contributed by atoms with van der Waals surface area (Å²) >= 11 is 5.72. The topological polar surface area (TPSA) is 40.6 Å². The monoisotopic (exact) mass is 318 g/mol. The van der Waals surface area contributed by atoms with Crippen molar-refractivity contribution in [1.82, 2.24) is 9.21 Å². The Bertz CT molecular complexity index is 500. The van der Waals surface area contributed by atoms with E-state index < -0.39 is 10.0 Å². The molecule has 0 aliphatic rings. The molecule has 114 valence electrons. The first-order valence-corrected chi connectivity index (χ1v) is 8.69. The minimum absolute atomic E-state index is 0.332. The predicted octanol–water partition coefficient (Wildman–Crippen LogP) is 2.39. The molecule has 20 heavy (non-hydrogen) atoms. The molecule has 0 saturated heterocycles. The quantitative estimate of drug-likeness (QED) is 0.691. The molecule has 0 aliphatic carbocycles. The molecule has 0 bridgehead atoms. The summed E-state index contributed by atoms with van der Waals surface area (Å²) in [4.78, 5) is 2.38. The van der Waals surface area contributed by atoms with Gasteiger partial charge >= 0.3 is 0 Å². The molecule has 0 aromatic heterocycles. The molecule has 1 aromatic carbocycles. The molecule has 4 nitrogen and oxygen atoms in total. The van der Waals surface area contributed by atoms with E-state index in [4.69, 9.17) is 11.6 Å². The van der Waals surface area contributed by atoms with Crippen LogP contribution >= 0.6 is 11.6 Å². The molecule has 0 radical (unpaired) electrons. The average molecular weight is 319 g/mol. The Morgan fingerprint density at radius 3 is 2.15 bits per heavy atom. The van der Waals surface area contributed by atoms with Gasteiger partial charge in [-0.15, -0.1) is 11.6 Å². The largest absolute Gasteiger partial charge is 0.309 e. The van der Waals surface area contributed by atoms with Gasteiger partial charge in [-0.25, -0.2) is 8.42 Å². The van der Waals surface area contributed by atoms with E-state index in [1.54, 1.807) is 24.3 Å². The fraction of sp³-hybridized carbons (Fsp3) is 0.571. The van der Waals surface area contributed by atoms with Crippen molar-refractivity contribution in [3.63, 3.8) is 0 Å². The first kappa shape index (κ1) is 17.4. The van der Waals surface area contributed by atoms with Crippen LogP contribution in [0.4, 0.5) is 0 Å². The molecular weight excluding hydrogens is 296 g/mol. The molecule has 6 heteroatoms. The predicted molar refractivity (Wildman–Crippen MR) is 83.6 cm³/mol.